The second-order valence-electron chi connectivity index (χ2n) is 24.7. The van der Waals surface area contributed by atoms with Crippen LogP contribution in [0.5, 0.6) is 0 Å². The second kappa shape index (κ2) is 15.0. The molecule has 0 saturated heterocycles. The normalized spacial score (nSPS) is 14.2. The molecule has 7 aromatic rings. The Hall–Kier alpha value is -5.06. The van der Waals surface area contributed by atoms with E-state index in [1.807, 2.05) is 11.3 Å². The number of rotatable bonds is 3. The van der Waals surface area contributed by atoms with Crippen LogP contribution in [0, 0.1) is 20.8 Å². The molecule has 0 fully saturated rings. The van der Waals surface area contributed by atoms with Gasteiger partial charge < -0.3 is 9.80 Å². The highest BCUT2D eigenvalue weighted by molar-refractivity contribution is 7.33. The average molecular weight is 875 g/mol. The summed E-state index contributed by atoms with van der Waals surface area (Å²) in [6.07, 6.45) is 0. The molecule has 0 unspecified atom stereocenters. The van der Waals surface area contributed by atoms with Crippen molar-refractivity contribution in [3.63, 3.8) is 0 Å². The van der Waals surface area contributed by atoms with Crippen molar-refractivity contribution in [2.75, 3.05) is 9.80 Å². The maximum Gasteiger partial charge on any atom is 0.264 e. The summed E-state index contributed by atoms with van der Waals surface area (Å²) >= 11 is 2.00. The smallest absolute Gasteiger partial charge is 0.264 e. The molecule has 1 aromatic heterocycles. The quantitative estimate of drug-likeness (QED) is 0.163. The van der Waals surface area contributed by atoms with E-state index in [0.717, 1.165) is 0 Å². The third-order valence-corrected chi connectivity index (χ3v) is 15.3. The molecule has 0 atom stereocenters. The summed E-state index contributed by atoms with van der Waals surface area (Å²) in [5.74, 6) is 0. The molecule has 65 heavy (non-hydrogen) atoms. The number of hydrogen-bond acceptors (Lipinski definition) is 3. The lowest BCUT2D eigenvalue weighted by atomic mass is 9.36. The zero-order valence-electron chi connectivity index (χ0n) is 42.7. The van der Waals surface area contributed by atoms with Gasteiger partial charge in [-0.15, -0.1) is 11.3 Å². The first kappa shape index (κ1) is 45.1. The van der Waals surface area contributed by atoms with Gasteiger partial charge in [0.05, 0.1) is 11.4 Å². The number of nitrogens with zero attached hydrogens (tertiary/aromatic N) is 2. The van der Waals surface area contributed by atoms with Gasteiger partial charge in [0.1, 0.15) is 0 Å². The van der Waals surface area contributed by atoms with Gasteiger partial charge in [0.2, 0.25) is 0 Å². The molecule has 3 heterocycles. The molecule has 4 heteroatoms. The van der Waals surface area contributed by atoms with Crippen LogP contribution in [0.25, 0.3) is 21.2 Å². The fourth-order valence-electron chi connectivity index (χ4n) is 10.2. The third-order valence-electron chi connectivity index (χ3n) is 14.1. The lowest BCUT2D eigenvalue weighted by Crippen LogP contribution is -2.60. The Kier molecular flexibility index (Phi) is 10.4. The van der Waals surface area contributed by atoms with Crippen molar-refractivity contribution in [2.24, 2.45) is 0 Å². The van der Waals surface area contributed by atoms with E-state index in [2.05, 4.69) is 238 Å². The third kappa shape index (κ3) is 7.86. The van der Waals surface area contributed by atoms with Crippen LogP contribution in [-0.4, -0.2) is 6.71 Å². The molecular weight excluding hydrogens is 804 g/mol. The Labute approximate surface area is 396 Å². The molecule has 0 bridgehead atoms. The molecule has 334 valence electrons. The van der Waals surface area contributed by atoms with Gasteiger partial charge in [-0.25, -0.2) is 0 Å². The Balaban J connectivity index is 1.43. The predicted octanol–water partition coefficient (Wildman–Crippen LogP) is 16.1. The van der Waals surface area contributed by atoms with E-state index >= 15 is 0 Å². The highest BCUT2D eigenvalue weighted by Crippen LogP contribution is 2.51. The van der Waals surface area contributed by atoms with E-state index in [4.69, 9.17) is 0 Å². The Morgan fingerprint density at radius 3 is 1.45 bits per heavy atom. The monoisotopic (exact) mass is 875 g/mol. The van der Waals surface area contributed by atoms with Crippen LogP contribution in [0.4, 0.5) is 34.1 Å². The fraction of sp³-hybridized carbons (Fsp3) is 0.377. The summed E-state index contributed by atoms with van der Waals surface area (Å²) in [5, 5.41) is 1.34. The molecule has 0 amide bonds. The zero-order chi connectivity index (χ0) is 47.1. The van der Waals surface area contributed by atoms with E-state index in [-0.39, 0.29) is 33.8 Å². The predicted molar refractivity (Wildman–Crippen MR) is 289 cm³/mol. The minimum atomic E-state index is -0.0341. The summed E-state index contributed by atoms with van der Waals surface area (Å²) in [6.45, 7) is 42.1. The standard InChI is InChI=1S/C61H71BN2S/c1-36-25-37(2)27-45(26-36)63-51-28-38(3)29-52-54(51)62(56-55(63)47-34-41(58(7,8)9)21-24-53(47)65-56)48-35-42(59(10,11)12)20-23-50(48)64(52)49-22-19-40(57(4,5)6)33-46(49)39-30-43(60(13,14)15)32-44(31-39)61(16,17)18/h19-35H,1-18H3. The summed E-state index contributed by atoms with van der Waals surface area (Å²) in [7, 11) is 0. The molecular formula is C61H71BN2S. The van der Waals surface area contributed by atoms with Gasteiger partial charge in [0.15, 0.2) is 0 Å². The van der Waals surface area contributed by atoms with E-state index in [9.17, 15) is 0 Å². The van der Waals surface area contributed by atoms with Crippen molar-refractivity contribution in [3.05, 3.63) is 148 Å². The summed E-state index contributed by atoms with van der Waals surface area (Å²) < 4.78 is 2.76. The maximum absolute atomic E-state index is 2.65. The Morgan fingerprint density at radius 2 is 0.892 bits per heavy atom. The Bertz CT molecular complexity index is 3000. The molecule has 2 nitrogen and oxygen atoms in total. The van der Waals surface area contributed by atoms with E-state index in [1.165, 1.54) is 116 Å². The first-order chi connectivity index (χ1) is 30.1. The second-order valence-corrected chi connectivity index (χ2v) is 25.8. The SMILES string of the molecule is Cc1cc(C)cc(N2c3cc(C)cc4c3B(c3cc(C(C)(C)C)ccc3N4c3ccc(C(C)(C)C)cc3-c3cc(C(C)(C)C)cc(C(C)(C)C)c3)c3sc4ccc(C(C)(C)C)cc4c32)c1. The lowest BCUT2D eigenvalue weighted by Gasteiger charge is -2.44. The molecule has 2 aliphatic heterocycles. The molecule has 0 N–H and O–H groups in total. The highest BCUT2D eigenvalue weighted by Gasteiger charge is 2.46. The number of thiophene rings is 1. The van der Waals surface area contributed by atoms with Gasteiger partial charge in [0, 0.05) is 43.2 Å². The number of benzene rings is 6. The van der Waals surface area contributed by atoms with E-state index < -0.39 is 0 Å². The van der Waals surface area contributed by atoms with Gasteiger partial charge in [-0.1, -0.05) is 152 Å². The van der Waals surface area contributed by atoms with Crippen LogP contribution in [-0.2, 0) is 27.1 Å². The van der Waals surface area contributed by atoms with Crippen LogP contribution in [0.3, 0.4) is 0 Å². The van der Waals surface area contributed by atoms with Crippen LogP contribution in [0.1, 0.15) is 148 Å². The maximum atomic E-state index is 2.65. The molecule has 0 spiro atoms. The first-order valence-corrected chi connectivity index (χ1v) is 24.8. The van der Waals surface area contributed by atoms with E-state index in [0.29, 0.717) is 0 Å². The van der Waals surface area contributed by atoms with Crippen molar-refractivity contribution in [2.45, 2.75) is 152 Å². The van der Waals surface area contributed by atoms with Gasteiger partial charge in [-0.05, 0) is 163 Å². The van der Waals surface area contributed by atoms with Gasteiger partial charge >= 0.3 is 0 Å². The van der Waals surface area contributed by atoms with Gasteiger partial charge in [-0.2, -0.15) is 0 Å². The molecule has 0 saturated carbocycles. The van der Waals surface area contributed by atoms with Crippen LogP contribution in [0.15, 0.2) is 103 Å². The molecule has 0 aliphatic carbocycles. The molecule has 9 rings (SSSR count). The molecule has 2 aliphatic rings. The summed E-state index contributed by atoms with van der Waals surface area (Å²) in [4.78, 5) is 5.30. The topological polar surface area (TPSA) is 6.48 Å². The van der Waals surface area contributed by atoms with Crippen LogP contribution < -0.4 is 25.5 Å². The van der Waals surface area contributed by atoms with Crippen molar-refractivity contribution in [1.82, 2.24) is 0 Å². The minimum absolute atomic E-state index is 0.0178. The van der Waals surface area contributed by atoms with E-state index in [1.54, 1.807) is 0 Å². The number of anilines is 6. The van der Waals surface area contributed by atoms with Crippen molar-refractivity contribution in [1.29, 1.82) is 0 Å². The van der Waals surface area contributed by atoms with Crippen molar-refractivity contribution >= 4 is 78.0 Å². The molecule has 6 aromatic carbocycles. The number of hydrogen-bond donors (Lipinski definition) is 0. The van der Waals surface area contributed by atoms with Gasteiger partial charge in [0.25, 0.3) is 6.71 Å². The Morgan fingerprint density at radius 1 is 0.415 bits per heavy atom. The molecule has 0 radical (unpaired) electrons. The average Bonchev–Trinajstić information content (AvgIpc) is 3.56. The van der Waals surface area contributed by atoms with Crippen LogP contribution >= 0.6 is 11.3 Å². The van der Waals surface area contributed by atoms with Crippen LogP contribution in [0.2, 0.25) is 0 Å². The van der Waals surface area contributed by atoms with Crippen molar-refractivity contribution < 1.29 is 0 Å². The summed E-state index contributed by atoms with van der Waals surface area (Å²) in [6, 6.07) is 41.5. The largest absolute Gasteiger partial charge is 0.311 e. The lowest BCUT2D eigenvalue weighted by molar-refractivity contribution is 0.569. The van der Waals surface area contributed by atoms with Gasteiger partial charge in [-0.3, -0.25) is 0 Å². The zero-order valence-corrected chi connectivity index (χ0v) is 43.5. The number of aryl methyl sites for hydroxylation is 3. The first-order valence-electron chi connectivity index (χ1n) is 23.9. The minimum Gasteiger partial charge on any atom is -0.311 e. The summed E-state index contributed by atoms with van der Waals surface area (Å²) in [5.41, 5.74) is 23.4. The van der Waals surface area contributed by atoms with Crippen molar-refractivity contribution in [3.8, 4) is 11.1 Å². The highest BCUT2D eigenvalue weighted by atomic mass is 32.1. The number of fused-ring (bicyclic) bond motifs is 6. The fourth-order valence-corrected chi connectivity index (χ4v) is 11.5.